The van der Waals surface area contributed by atoms with Gasteiger partial charge in [-0.3, -0.25) is 19.4 Å². The number of carbonyl (C=O) groups excluding carboxylic acids is 1. The Hall–Kier alpha value is -3.50. The van der Waals surface area contributed by atoms with Gasteiger partial charge in [0.15, 0.2) is 0 Å². The van der Waals surface area contributed by atoms with Crippen LogP contribution in [0.25, 0.3) is 11.3 Å². The zero-order valence-corrected chi connectivity index (χ0v) is 18.1. The van der Waals surface area contributed by atoms with E-state index in [-0.39, 0.29) is 11.7 Å². The van der Waals surface area contributed by atoms with Gasteiger partial charge in [-0.05, 0) is 38.5 Å². The van der Waals surface area contributed by atoms with Gasteiger partial charge in [0.1, 0.15) is 18.9 Å². The Morgan fingerprint density at radius 2 is 1.88 bits per heavy atom. The summed E-state index contributed by atoms with van der Waals surface area (Å²) in [6, 6.07) is 2.84. The van der Waals surface area contributed by atoms with Crippen molar-refractivity contribution >= 4 is 11.6 Å². The fraction of sp³-hybridized carbons (Fsp3) is 0.364. The highest BCUT2D eigenvalue weighted by atomic mass is 19.3. The SMILES string of the molecule is Cc1cc(-c2cnc(C)c(OCC(F)F)c2)nc2c1C(=O)N(c1cnn(CC(F)F)c1)C2C. The molecule has 1 atom stereocenters. The summed E-state index contributed by atoms with van der Waals surface area (Å²) in [5, 5.41) is 3.91. The third kappa shape index (κ3) is 4.39. The number of hydrogen-bond acceptors (Lipinski definition) is 5. The number of anilines is 1. The lowest BCUT2D eigenvalue weighted by Gasteiger charge is -2.19. The smallest absolute Gasteiger partial charge is 0.272 e. The minimum absolute atomic E-state index is 0.227. The molecule has 0 aromatic carbocycles. The molecule has 1 unspecified atom stereocenters. The summed E-state index contributed by atoms with van der Waals surface area (Å²) in [5.41, 5.74) is 3.55. The van der Waals surface area contributed by atoms with Crippen molar-refractivity contribution in [1.82, 2.24) is 19.7 Å². The number of ether oxygens (including phenoxy) is 1. The van der Waals surface area contributed by atoms with Crippen LogP contribution >= 0.6 is 0 Å². The van der Waals surface area contributed by atoms with Crippen LogP contribution in [-0.2, 0) is 6.54 Å². The van der Waals surface area contributed by atoms with Gasteiger partial charge in [0.05, 0.1) is 40.6 Å². The number of nitrogens with zero attached hydrogens (tertiary/aromatic N) is 5. The molecule has 0 spiro atoms. The number of carbonyl (C=O) groups is 1. The molecule has 1 aliphatic rings. The predicted octanol–water partition coefficient (Wildman–Crippen LogP) is 4.59. The second-order valence-electron chi connectivity index (χ2n) is 7.76. The molecule has 11 heteroatoms. The van der Waals surface area contributed by atoms with Crippen LogP contribution in [0.15, 0.2) is 30.7 Å². The number of aryl methyl sites for hydroxylation is 2. The first-order valence-electron chi connectivity index (χ1n) is 10.2. The Kier molecular flexibility index (Phi) is 6.05. The standard InChI is InChI=1S/C22H21F4N5O2/c1-11-4-16(14-5-17(12(2)27-6-14)33-10-19(25)26)29-21-13(3)31(22(32)20(11)21)15-7-28-30(8-15)9-18(23)24/h4-8,13,18-19H,9-10H2,1-3H3. The number of aromatic nitrogens is 4. The first-order valence-corrected chi connectivity index (χ1v) is 10.2. The molecule has 1 aliphatic heterocycles. The molecule has 0 aliphatic carbocycles. The summed E-state index contributed by atoms with van der Waals surface area (Å²) in [4.78, 5) is 23.5. The van der Waals surface area contributed by atoms with Crippen LogP contribution in [0.4, 0.5) is 23.2 Å². The maximum Gasteiger partial charge on any atom is 0.272 e. The van der Waals surface area contributed by atoms with Crippen LogP contribution in [0.3, 0.4) is 0 Å². The van der Waals surface area contributed by atoms with Crippen molar-refractivity contribution in [2.45, 2.75) is 46.2 Å². The zero-order chi connectivity index (χ0) is 23.9. The average molecular weight is 463 g/mol. The summed E-state index contributed by atoms with van der Waals surface area (Å²) in [6.45, 7) is 3.89. The molecular formula is C22H21F4N5O2. The van der Waals surface area contributed by atoms with Crippen LogP contribution in [0.1, 0.15) is 40.3 Å². The highest BCUT2D eigenvalue weighted by molar-refractivity contribution is 6.11. The minimum atomic E-state index is -2.61. The van der Waals surface area contributed by atoms with E-state index < -0.39 is 32.0 Å². The highest BCUT2D eigenvalue weighted by Gasteiger charge is 2.38. The van der Waals surface area contributed by atoms with Crippen LogP contribution in [0, 0.1) is 13.8 Å². The van der Waals surface area contributed by atoms with Gasteiger partial charge in [-0.25, -0.2) is 22.5 Å². The molecule has 1 amide bonds. The van der Waals surface area contributed by atoms with Crippen molar-refractivity contribution in [3.63, 3.8) is 0 Å². The molecule has 7 nitrogen and oxygen atoms in total. The maximum absolute atomic E-state index is 13.2. The first kappa shape index (κ1) is 22.7. The second kappa shape index (κ2) is 8.80. The molecule has 4 heterocycles. The monoisotopic (exact) mass is 463 g/mol. The summed E-state index contributed by atoms with van der Waals surface area (Å²) >= 11 is 0. The van der Waals surface area contributed by atoms with E-state index in [1.54, 1.807) is 39.1 Å². The van der Waals surface area contributed by atoms with Crippen LogP contribution in [-0.4, -0.2) is 45.1 Å². The minimum Gasteiger partial charge on any atom is -0.486 e. The summed E-state index contributed by atoms with van der Waals surface area (Å²) in [6.07, 6.45) is -0.844. The molecule has 3 aromatic rings. The summed E-state index contributed by atoms with van der Waals surface area (Å²) in [5.74, 6) is -0.0708. The normalized spacial score (nSPS) is 15.6. The second-order valence-corrected chi connectivity index (χ2v) is 7.76. The molecule has 0 N–H and O–H groups in total. The van der Waals surface area contributed by atoms with Gasteiger partial charge in [0.25, 0.3) is 18.8 Å². The lowest BCUT2D eigenvalue weighted by molar-refractivity contribution is 0.0814. The Morgan fingerprint density at radius 3 is 2.58 bits per heavy atom. The molecule has 0 bridgehead atoms. The molecule has 0 radical (unpaired) electrons. The van der Waals surface area contributed by atoms with Gasteiger partial charge in [-0.1, -0.05) is 0 Å². The van der Waals surface area contributed by atoms with Gasteiger partial charge < -0.3 is 4.74 Å². The van der Waals surface area contributed by atoms with Crippen LogP contribution < -0.4 is 9.64 Å². The van der Waals surface area contributed by atoms with E-state index in [9.17, 15) is 22.4 Å². The van der Waals surface area contributed by atoms with E-state index in [1.807, 2.05) is 0 Å². The van der Waals surface area contributed by atoms with Gasteiger partial charge >= 0.3 is 0 Å². The Balaban J connectivity index is 1.68. The van der Waals surface area contributed by atoms with Crippen molar-refractivity contribution in [1.29, 1.82) is 0 Å². The fourth-order valence-corrected chi connectivity index (χ4v) is 3.86. The van der Waals surface area contributed by atoms with Crippen molar-refractivity contribution < 1.29 is 27.1 Å². The van der Waals surface area contributed by atoms with E-state index in [4.69, 9.17) is 4.74 Å². The number of rotatable bonds is 7. The highest BCUT2D eigenvalue weighted by Crippen LogP contribution is 2.39. The molecule has 33 heavy (non-hydrogen) atoms. The quantitative estimate of drug-likeness (QED) is 0.480. The third-order valence-corrected chi connectivity index (χ3v) is 5.38. The number of pyridine rings is 2. The van der Waals surface area contributed by atoms with Gasteiger partial charge in [-0.15, -0.1) is 0 Å². The third-order valence-electron chi connectivity index (χ3n) is 5.38. The lowest BCUT2D eigenvalue weighted by Crippen LogP contribution is -2.26. The maximum atomic E-state index is 13.2. The lowest BCUT2D eigenvalue weighted by atomic mass is 10.0. The van der Waals surface area contributed by atoms with Crippen LogP contribution in [0.2, 0.25) is 0 Å². The molecule has 0 saturated heterocycles. The largest absolute Gasteiger partial charge is 0.486 e. The molecule has 0 fully saturated rings. The summed E-state index contributed by atoms with van der Waals surface area (Å²) in [7, 11) is 0. The summed E-state index contributed by atoms with van der Waals surface area (Å²) < 4.78 is 56.7. The fourth-order valence-electron chi connectivity index (χ4n) is 3.86. The topological polar surface area (TPSA) is 73.1 Å². The van der Waals surface area contributed by atoms with Crippen molar-refractivity contribution in [3.05, 3.63) is 53.2 Å². The molecule has 4 rings (SSSR count). The number of hydrogen-bond donors (Lipinski definition) is 0. The van der Waals surface area contributed by atoms with Gasteiger partial charge in [0.2, 0.25) is 0 Å². The first-order chi connectivity index (χ1) is 15.7. The average Bonchev–Trinajstić information content (AvgIpc) is 3.28. The van der Waals surface area contributed by atoms with Crippen molar-refractivity contribution in [3.8, 4) is 17.0 Å². The van der Waals surface area contributed by atoms with Gasteiger partial charge in [0, 0.05) is 18.0 Å². The molecule has 3 aromatic heterocycles. The number of halogens is 4. The van der Waals surface area contributed by atoms with Crippen molar-refractivity contribution in [2.75, 3.05) is 11.5 Å². The van der Waals surface area contributed by atoms with Crippen molar-refractivity contribution in [2.24, 2.45) is 0 Å². The Labute approximate surface area is 187 Å². The molecule has 0 saturated carbocycles. The zero-order valence-electron chi connectivity index (χ0n) is 18.1. The van der Waals surface area contributed by atoms with E-state index in [0.29, 0.717) is 39.5 Å². The van der Waals surface area contributed by atoms with E-state index in [1.165, 1.54) is 17.3 Å². The molecular weight excluding hydrogens is 442 g/mol. The molecule has 174 valence electrons. The Morgan fingerprint density at radius 1 is 1.12 bits per heavy atom. The Bertz CT molecular complexity index is 1200. The van der Waals surface area contributed by atoms with Crippen LogP contribution in [0.5, 0.6) is 5.75 Å². The van der Waals surface area contributed by atoms with E-state index in [0.717, 1.165) is 4.68 Å². The number of amides is 1. The van der Waals surface area contributed by atoms with E-state index >= 15 is 0 Å². The number of alkyl halides is 4. The number of fused-ring (bicyclic) bond motifs is 1. The van der Waals surface area contributed by atoms with E-state index in [2.05, 4.69) is 15.1 Å². The van der Waals surface area contributed by atoms with Gasteiger partial charge in [-0.2, -0.15) is 5.10 Å². The predicted molar refractivity (Wildman–Crippen MR) is 112 cm³/mol.